The van der Waals surface area contributed by atoms with E-state index in [2.05, 4.69) is 46.8 Å². The zero-order valence-electron chi connectivity index (χ0n) is 16.9. The normalized spacial score (nSPS) is 17.5. The molecule has 2 aliphatic rings. The second-order valence-corrected chi connectivity index (χ2v) is 16.0. The molecule has 5 heteroatoms. The number of benzene rings is 1. The zero-order chi connectivity index (χ0) is 20.2. The molecule has 2 heterocycles. The minimum absolute atomic E-state index is 0.0408. The summed E-state index contributed by atoms with van der Waals surface area (Å²) in [6, 6.07) is 8.06. The third-order valence-electron chi connectivity index (χ3n) is 6.04. The number of phenols is 1. The van der Waals surface area contributed by atoms with Crippen LogP contribution in [0, 0.1) is 6.92 Å². The average molecular weight is 455 g/mol. The summed E-state index contributed by atoms with van der Waals surface area (Å²) < 4.78 is 2.57. The summed E-state index contributed by atoms with van der Waals surface area (Å²) in [4.78, 5) is 17.3. The number of aliphatic imine (C=N–C) groups is 1. The third-order valence-corrected chi connectivity index (χ3v) is 14.4. The zero-order valence-corrected chi connectivity index (χ0v) is 19.6. The maximum atomic E-state index is 12.4. The van der Waals surface area contributed by atoms with E-state index >= 15 is 0 Å². The van der Waals surface area contributed by atoms with Crippen LogP contribution in [-0.4, -0.2) is 39.2 Å². The molecule has 28 heavy (non-hydrogen) atoms. The Morgan fingerprint density at radius 2 is 1.75 bits per heavy atom. The van der Waals surface area contributed by atoms with Crippen LogP contribution in [-0.2, 0) is 4.79 Å². The number of carbonyl (C=O) groups excluding carboxylic acids is 1. The summed E-state index contributed by atoms with van der Waals surface area (Å²) in [5, 5.41) is 13.3. The second kappa shape index (κ2) is 6.84. The number of phenolic OH excluding ortho intramolecular Hbond substituents is 1. The molecule has 1 aliphatic heterocycles. The van der Waals surface area contributed by atoms with Gasteiger partial charge in [0.2, 0.25) is 0 Å². The van der Waals surface area contributed by atoms with Gasteiger partial charge in [-0.3, -0.25) is 0 Å². The predicted octanol–water partition coefficient (Wildman–Crippen LogP) is 4.59. The molecular formula is C23H25NO2SeSi. The van der Waals surface area contributed by atoms with E-state index in [1.54, 1.807) is 12.1 Å². The van der Waals surface area contributed by atoms with E-state index in [9.17, 15) is 9.90 Å². The molecule has 0 bridgehead atoms. The van der Waals surface area contributed by atoms with Crippen LogP contribution in [0.5, 0.6) is 5.75 Å². The molecule has 0 saturated carbocycles. The van der Waals surface area contributed by atoms with Gasteiger partial charge in [-0.2, -0.15) is 0 Å². The van der Waals surface area contributed by atoms with Gasteiger partial charge in [0, 0.05) is 0 Å². The van der Waals surface area contributed by atoms with E-state index in [1.165, 1.54) is 14.1 Å². The molecule has 3 nitrogen and oxygen atoms in total. The molecule has 0 radical (unpaired) electrons. The van der Waals surface area contributed by atoms with Crippen molar-refractivity contribution in [2.45, 2.75) is 45.7 Å². The van der Waals surface area contributed by atoms with Crippen LogP contribution >= 0.6 is 0 Å². The molecule has 4 rings (SSSR count). The summed E-state index contributed by atoms with van der Waals surface area (Å²) in [6.45, 7) is 11.2. The Labute approximate surface area is 173 Å². The van der Waals surface area contributed by atoms with Crippen LogP contribution in [0.3, 0.4) is 0 Å². The van der Waals surface area contributed by atoms with Crippen LogP contribution in [0.15, 0.2) is 52.7 Å². The van der Waals surface area contributed by atoms with E-state index < -0.39 is 8.07 Å². The van der Waals surface area contributed by atoms with Gasteiger partial charge in [0.15, 0.2) is 0 Å². The molecular weight excluding hydrogens is 429 g/mol. The third kappa shape index (κ3) is 2.68. The Balaban J connectivity index is 2.17. The average Bonchev–Trinajstić information content (AvgIpc) is 3.05. The van der Waals surface area contributed by atoms with Gasteiger partial charge in [0.25, 0.3) is 0 Å². The number of carbonyl (C=O) groups is 1. The number of ketones is 1. The van der Waals surface area contributed by atoms with Crippen molar-refractivity contribution in [3.8, 4) is 15.8 Å². The fourth-order valence-corrected chi connectivity index (χ4v) is 13.3. The summed E-state index contributed by atoms with van der Waals surface area (Å²) in [6.07, 6.45) is 5.31. The summed E-state index contributed by atoms with van der Waals surface area (Å²) >= 11 is 0.210. The first-order valence-electron chi connectivity index (χ1n) is 9.73. The van der Waals surface area contributed by atoms with Gasteiger partial charge in [0.05, 0.1) is 0 Å². The first kappa shape index (κ1) is 19.4. The van der Waals surface area contributed by atoms with Gasteiger partial charge in [-0.05, 0) is 0 Å². The van der Waals surface area contributed by atoms with Gasteiger partial charge in [0.1, 0.15) is 0 Å². The number of aryl methyl sites for hydroxylation is 1. The number of nitrogens with zero attached hydrogens (tertiary/aromatic N) is 1. The summed E-state index contributed by atoms with van der Waals surface area (Å²) in [5.41, 5.74) is 3.61. The summed E-state index contributed by atoms with van der Waals surface area (Å²) in [5.74, 6) is 0.379. The number of hydrogen-bond acceptors (Lipinski definition) is 3. The summed E-state index contributed by atoms with van der Waals surface area (Å²) in [7, 11) is -2.38. The van der Waals surface area contributed by atoms with Crippen molar-refractivity contribution in [2.24, 2.45) is 4.99 Å². The number of fused-ring (bicyclic) bond motifs is 2. The van der Waals surface area contributed by atoms with Gasteiger partial charge in [-0.1, -0.05) is 0 Å². The van der Waals surface area contributed by atoms with Crippen LogP contribution in [0.2, 0.25) is 11.1 Å². The Morgan fingerprint density at radius 3 is 2.36 bits per heavy atom. The van der Waals surface area contributed by atoms with Crippen molar-refractivity contribution in [2.75, 3.05) is 0 Å². The van der Waals surface area contributed by atoms with E-state index in [-0.39, 0.29) is 20.3 Å². The Morgan fingerprint density at radius 1 is 1.04 bits per heavy atom. The first-order chi connectivity index (χ1) is 13.3. The molecule has 0 spiro atoms. The number of allylic oxidation sites excluding steroid dienone is 4. The van der Waals surface area contributed by atoms with Crippen molar-refractivity contribution < 1.29 is 9.90 Å². The predicted molar refractivity (Wildman–Crippen MR) is 120 cm³/mol. The molecule has 2 aromatic rings. The van der Waals surface area contributed by atoms with E-state index in [0.717, 1.165) is 22.2 Å². The topological polar surface area (TPSA) is 49.7 Å². The standard InChI is InChI=1S/C23H25NO2SeSi/c1-13(2)28(14(3)4)21-12-16(25)7-8-17(21)24-18-9-10-19(26)22(23(18)28)20-11-6-15(5)27-20/h6-14,26H,1-5H3. The van der Waals surface area contributed by atoms with Crippen LogP contribution in [0.1, 0.15) is 32.1 Å². The SMILES string of the molecule is Cc1ccc(-c2c(O)ccc3c2[Si](C(C)C)(C(C)C)C2=CC(=O)C=CC2=N3)[se]1. The fourth-order valence-electron chi connectivity index (χ4n) is 4.99. The maximum absolute atomic E-state index is 12.4. The minimum atomic E-state index is -2.38. The first-order valence-corrected chi connectivity index (χ1v) is 13.6. The number of aromatic hydroxyl groups is 1. The van der Waals surface area contributed by atoms with Crippen molar-refractivity contribution in [3.05, 3.63) is 52.1 Å². The molecule has 1 aromatic heterocycles. The van der Waals surface area contributed by atoms with Crippen LogP contribution < -0.4 is 5.19 Å². The molecule has 0 unspecified atom stereocenters. The Bertz CT molecular complexity index is 1060. The number of hydrogen-bond donors (Lipinski definition) is 1. The van der Waals surface area contributed by atoms with E-state index in [1.807, 2.05) is 18.2 Å². The van der Waals surface area contributed by atoms with E-state index in [4.69, 9.17) is 4.99 Å². The molecule has 1 aromatic carbocycles. The van der Waals surface area contributed by atoms with Gasteiger partial charge < -0.3 is 0 Å². The fraction of sp³-hybridized carbons (Fsp3) is 0.304. The molecule has 0 fully saturated rings. The van der Waals surface area contributed by atoms with Gasteiger partial charge in [-0.15, -0.1) is 0 Å². The molecule has 144 valence electrons. The Kier molecular flexibility index (Phi) is 4.73. The van der Waals surface area contributed by atoms with Crippen LogP contribution in [0.25, 0.3) is 10.0 Å². The van der Waals surface area contributed by atoms with Gasteiger partial charge in [-0.25, -0.2) is 0 Å². The molecule has 1 aliphatic carbocycles. The van der Waals surface area contributed by atoms with Crippen molar-refractivity contribution >= 4 is 44.9 Å². The van der Waals surface area contributed by atoms with Crippen LogP contribution in [0.4, 0.5) is 5.69 Å². The van der Waals surface area contributed by atoms with Crippen molar-refractivity contribution in [1.29, 1.82) is 0 Å². The van der Waals surface area contributed by atoms with Crippen molar-refractivity contribution in [1.82, 2.24) is 0 Å². The monoisotopic (exact) mass is 455 g/mol. The second-order valence-electron chi connectivity index (χ2n) is 8.23. The Hall–Kier alpha value is -1.94. The number of rotatable bonds is 3. The molecule has 0 saturated heterocycles. The molecule has 0 atom stereocenters. The van der Waals surface area contributed by atoms with E-state index in [0.29, 0.717) is 16.8 Å². The van der Waals surface area contributed by atoms with Crippen molar-refractivity contribution in [3.63, 3.8) is 0 Å². The van der Waals surface area contributed by atoms with Gasteiger partial charge >= 0.3 is 173 Å². The molecule has 1 N–H and O–H groups in total. The quantitative estimate of drug-likeness (QED) is 0.545. The molecule has 0 amide bonds.